The standard InChI is InChI=1S/C26H24ClN5O3/c1-15-13-18(23-28-10-6-11-29-23)19(14-22(15)34-3)26(33)32-12-5-9-21(32)25-30-24(31-35-25)17-7-4-8-20(27)16(17)2/h4,6-8,10-11,13-14,21H,5,9,12H2,1-3H3. The average Bonchev–Trinajstić information content (AvgIpc) is 3.55. The third kappa shape index (κ3) is 4.25. The van der Waals surface area contributed by atoms with Gasteiger partial charge in [0.1, 0.15) is 11.8 Å². The lowest BCUT2D eigenvalue weighted by Crippen LogP contribution is -2.31. The number of aromatic nitrogens is 4. The molecule has 1 aliphatic rings. The molecule has 4 aromatic rings. The van der Waals surface area contributed by atoms with Crippen LogP contribution in [-0.4, -0.2) is 44.6 Å². The van der Waals surface area contributed by atoms with E-state index in [0.717, 1.165) is 29.5 Å². The van der Waals surface area contributed by atoms with Crippen LogP contribution < -0.4 is 4.74 Å². The number of carbonyl (C=O) groups excluding carboxylic acids is 1. The van der Waals surface area contributed by atoms with E-state index < -0.39 is 0 Å². The molecular formula is C26H24ClN5O3. The monoisotopic (exact) mass is 489 g/mol. The van der Waals surface area contributed by atoms with Crippen LogP contribution in [0.25, 0.3) is 22.8 Å². The molecule has 9 heteroatoms. The number of hydrogen-bond donors (Lipinski definition) is 0. The second-order valence-corrected chi connectivity index (χ2v) is 8.87. The summed E-state index contributed by atoms with van der Waals surface area (Å²) in [6.45, 7) is 4.41. The summed E-state index contributed by atoms with van der Waals surface area (Å²) in [5, 5.41) is 4.82. The molecule has 35 heavy (non-hydrogen) atoms. The lowest BCUT2D eigenvalue weighted by molar-refractivity contribution is 0.0710. The van der Waals surface area contributed by atoms with Gasteiger partial charge in [0.05, 0.1) is 12.7 Å². The van der Waals surface area contributed by atoms with Crippen LogP contribution in [0.5, 0.6) is 5.75 Å². The van der Waals surface area contributed by atoms with E-state index in [9.17, 15) is 4.79 Å². The summed E-state index contributed by atoms with van der Waals surface area (Å²) in [6, 6.07) is 10.6. The van der Waals surface area contributed by atoms with Crippen molar-refractivity contribution in [1.29, 1.82) is 0 Å². The molecule has 2 aromatic heterocycles. The zero-order valence-electron chi connectivity index (χ0n) is 19.7. The molecule has 1 saturated heterocycles. The van der Waals surface area contributed by atoms with Gasteiger partial charge in [-0.2, -0.15) is 4.98 Å². The highest BCUT2D eigenvalue weighted by Gasteiger charge is 2.36. The van der Waals surface area contributed by atoms with Crippen molar-refractivity contribution in [2.24, 2.45) is 0 Å². The minimum Gasteiger partial charge on any atom is -0.496 e. The van der Waals surface area contributed by atoms with Gasteiger partial charge in [0, 0.05) is 35.1 Å². The van der Waals surface area contributed by atoms with Gasteiger partial charge in [-0.1, -0.05) is 28.9 Å². The summed E-state index contributed by atoms with van der Waals surface area (Å²) < 4.78 is 11.2. The molecule has 0 bridgehead atoms. The fraction of sp³-hybridized carbons (Fsp3) is 0.269. The molecule has 1 atom stereocenters. The summed E-state index contributed by atoms with van der Waals surface area (Å²) in [5.74, 6) is 1.80. The summed E-state index contributed by atoms with van der Waals surface area (Å²) in [6.07, 6.45) is 4.87. The van der Waals surface area contributed by atoms with Gasteiger partial charge in [-0.25, -0.2) is 9.97 Å². The van der Waals surface area contributed by atoms with Crippen LogP contribution in [0, 0.1) is 13.8 Å². The highest BCUT2D eigenvalue weighted by molar-refractivity contribution is 6.31. The number of likely N-dealkylation sites (tertiary alicyclic amines) is 1. The van der Waals surface area contributed by atoms with E-state index in [-0.39, 0.29) is 11.9 Å². The minimum atomic E-state index is -0.333. The Hall–Kier alpha value is -3.78. The van der Waals surface area contributed by atoms with Gasteiger partial charge in [0.25, 0.3) is 5.91 Å². The Kier molecular flexibility index (Phi) is 6.21. The largest absolute Gasteiger partial charge is 0.496 e. The van der Waals surface area contributed by atoms with Crippen molar-refractivity contribution in [1.82, 2.24) is 25.0 Å². The molecule has 0 N–H and O–H groups in total. The van der Waals surface area contributed by atoms with E-state index in [2.05, 4.69) is 20.1 Å². The smallest absolute Gasteiger partial charge is 0.255 e. The average molecular weight is 490 g/mol. The van der Waals surface area contributed by atoms with Gasteiger partial charge in [-0.3, -0.25) is 4.79 Å². The number of aryl methyl sites for hydroxylation is 1. The Labute approximate surface area is 207 Å². The van der Waals surface area contributed by atoms with Crippen molar-refractivity contribution in [2.75, 3.05) is 13.7 Å². The number of benzene rings is 2. The molecule has 1 fully saturated rings. The lowest BCUT2D eigenvalue weighted by atomic mass is 10.0. The molecule has 8 nitrogen and oxygen atoms in total. The van der Waals surface area contributed by atoms with Crippen molar-refractivity contribution in [3.05, 3.63) is 76.4 Å². The highest BCUT2D eigenvalue weighted by atomic mass is 35.5. The molecule has 2 aromatic carbocycles. The topological polar surface area (TPSA) is 94.2 Å². The van der Waals surface area contributed by atoms with E-state index >= 15 is 0 Å². The molecular weight excluding hydrogens is 466 g/mol. The molecule has 1 amide bonds. The summed E-state index contributed by atoms with van der Waals surface area (Å²) in [7, 11) is 1.59. The van der Waals surface area contributed by atoms with Crippen molar-refractivity contribution < 1.29 is 14.1 Å². The van der Waals surface area contributed by atoms with Crippen LogP contribution in [0.3, 0.4) is 0 Å². The van der Waals surface area contributed by atoms with Gasteiger partial charge < -0.3 is 14.2 Å². The van der Waals surface area contributed by atoms with Crippen LogP contribution in [0.2, 0.25) is 5.02 Å². The van der Waals surface area contributed by atoms with Crippen LogP contribution in [0.15, 0.2) is 53.3 Å². The number of halogens is 1. The summed E-state index contributed by atoms with van der Waals surface area (Å²) in [4.78, 5) is 29.0. The maximum Gasteiger partial charge on any atom is 0.255 e. The van der Waals surface area contributed by atoms with Crippen LogP contribution in [-0.2, 0) is 0 Å². The van der Waals surface area contributed by atoms with E-state index in [1.807, 2.05) is 38.1 Å². The maximum absolute atomic E-state index is 13.9. The lowest BCUT2D eigenvalue weighted by Gasteiger charge is -2.23. The Balaban J connectivity index is 1.51. The number of nitrogens with zero attached hydrogens (tertiary/aromatic N) is 5. The number of carbonyl (C=O) groups is 1. The third-order valence-corrected chi connectivity index (χ3v) is 6.73. The quantitative estimate of drug-likeness (QED) is 0.368. The first-order chi connectivity index (χ1) is 17.0. The van der Waals surface area contributed by atoms with Crippen molar-refractivity contribution in [2.45, 2.75) is 32.7 Å². The Morgan fingerprint density at radius 1 is 1.11 bits per heavy atom. The fourth-order valence-corrected chi connectivity index (χ4v) is 4.63. The first-order valence-electron chi connectivity index (χ1n) is 11.3. The van der Waals surface area contributed by atoms with Crippen molar-refractivity contribution in [3.8, 4) is 28.5 Å². The number of rotatable bonds is 5. The molecule has 1 aliphatic heterocycles. The van der Waals surface area contributed by atoms with Gasteiger partial charge in [-0.15, -0.1) is 0 Å². The summed E-state index contributed by atoms with van der Waals surface area (Å²) >= 11 is 6.27. The SMILES string of the molecule is COc1cc(C(=O)N2CCCC2c2nc(-c3cccc(Cl)c3C)no2)c(-c2ncccn2)cc1C. The maximum atomic E-state index is 13.9. The predicted octanol–water partition coefficient (Wildman–Crippen LogP) is 5.45. The Bertz CT molecular complexity index is 1390. The number of ether oxygens (including phenoxy) is 1. The number of methoxy groups -OCH3 is 1. The van der Waals surface area contributed by atoms with Crippen LogP contribution >= 0.6 is 11.6 Å². The molecule has 0 radical (unpaired) electrons. The molecule has 5 rings (SSSR count). The van der Waals surface area contributed by atoms with E-state index in [1.54, 1.807) is 36.5 Å². The Morgan fingerprint density at radius 3 is 2.69 bits per heavy atom. The van der Waals surface area contributed by atoms with Gasteiger partial charge in [-0.05, 0) is 62.1 Å². The molecule has 0 spiro atoms. The van der Waals surface area contributed by atoms with Gasteiger partial charge in [0.15, 0.2) is 5.82 Å². The van der Waals surface area contributed by atoms with E-state index in [0.29, 0.717) is 46.0 Å². The van der Waals surface area contributed by atoms with Gasteiger partial charge >= 0.3 is 0 Å². The first kappa shape index (κ1) is 23.0. The predicted molar refractivity (Wildman–Crippen MR) is 131 cm³/mol. The molecule has 3 heterocycles. The van der Waals surface area contributed by atoms with E-state index in [1.165, 1.54) is 0 Å². The first-order valence-corrected chi connectivity index (χ1v) is 11.7. The summed E-state index contributed by atoms with van der Waals surface area (Å²) in [5.41, 5.74) is 3.69. The second-order valence-electron chi connectivity index (χ2n) is 8.47. The van der Waals surface area contributed by atoms with Gasteiger partial charge in [0.2, 0.25) is 11.7 Å². The van der Waals surface area contributed by atoms with Crippen LogP contribution in [0.4, 0.5) is 0 Å². The normalized spacial score (nSPS) is 15.4. The molecule has 178 valence electrons. The highest BCUT2D eigenvalue weighted by Crippen LogP contribution is 2.37. The van der Waals surface area contributed by atoms with E-state index in [4.69, 9.17) is 20.9 Å². The van der Waals surface area contributed by atoms with Crippen molar-refractivity contribution in [3.63, 3.8) is 0 Å². The van der Waals surface area contributed by atoms with Crippen molar-refractivity contribution >= 4 is 17.5 Å². The zero-order chi connectivity index (χ0) is 24.5. The number of hydrogen-bond acceptors (Lipinski definition) is 7. The fourth-order valence-electron chi connectivity index (χ4n) is 4.46. The molecule has 1 unspecified atom stereocenters. The molecule has 0 aliphatic carbocycles. The molecule has 0 saturated carbocycles. The number of amides is 1. The third-order valence-electron chi connectivity index (χ3n) is 6.32. The minimum absolute atomic E-state index is 0.160. The van der Waals surface area contributed by atoms with Crippen LogP contribution in [0.1, 0.15) is 46.3 Å². The zero-order valence-corrected chi connectivity index (χ0v) is 20.4. The Morgan fingerprint density at radius 2 is 1.91 bits per heavy atom. The second kappa shape index (κ2) is 9.46.